The van der Waals surface area contributed by atoms with Crippen LogP contribution in [0.15, 0.2) is 18.2 Å². The Morgan fingerprint density at radius 3 is 2.50 bits per heavy atom. The molecule has 2 rings (SSSR count). The lowest BCUT2D eigenvalue weighted by atomic mass is 9.82. The third-order valence-electron chi connectivity index (χ3n) is 3.58. The van der Waals surface area contributed by atoms with Crippen LogP contribution in [0, 0.1) is 18.8 Å². The molecule has 2 N–H and O–H groups in total. The molecule has 1 aliphatic rings. The van der Waals surface area contributed by atoms with Gasteiger partial charge in [-0.2, -0.15) is 0 Å². The Kier molecular flexibility index (Phi) is 4.97. The fraction of sp³-hybridized carbons (Fsp3) is 0.400. The first kappa shape index (κ1) is 16.2. The summed E-state index contributed by atoms with van der Waals surface area (Å²) in [5.74, 6) is -3.29. The first-order valence-electron chi connectivity index (χ1n) is 6.81. The first-order valence-corrected chi connectivity index (χ1v) is 7.63. The summed E-state index contributed by atoms with van der Waals surface area (Å²) >= 11 is 1.26. The zero-order valence-corrected chi connectivity index (χ0v) is 13.1. The van der Waals surface area contributed by atoms with Crippen LogP contribution in [0.4, 0.5) is 5.00 Å². The van der Waals surface area contributed by atoms with Crippen LogP contribution in [0.25, 0.3) is 0 Å². The number of carbonyl (C=O) groups excluding carboxylic acids is 2. The zero-order valence-electron chi connectivity index (χ0n) is 12.3. The molecule has 1 heterocycles. The van der Waals surface area contributed by atoms with Crippen molar-refractivity contribution in [2.24, 2.45) is 11.8 Å². The molecule has 0 unspecified atom stereocenters. The maximum absolute atomic E-state index is 12.4. The highest BCUT2D eigenvalue weighted by molar-refractivity contribution is 7.16. The minimum atomic E-state index is -0.986. The highest BCUT2D eigenvalue weighted by Gasteiger charge is 2.34. The predicted molar refractivity (Wildman–Crippen MR) is 82.0 cm³/mol. The summed E-state index contributed by atoms with van der Waals surface area (Å²) in [6.45, 7) is 1.82. The third-order valence-corrected chi connectivity index (χ3v) is 4.55. The molecule has 7 heteroatoms. The van der Waals surface area contributed by atoms with E-state index in [2.05, 4.69) is 10.1 Å². The Bertz CT molecular complexity index is 634. The summed E-state index contributed by atoms with van der Waals surface area (Å²) in [4.78, 5) is 36.2. The molecular weight excluding hydrogens is 306 g/mol. The Hall–Kier alpha value is -2.15. The minimum absolute atomic E-state index is 0.288. The number of nitrogens with one attached hydrogen (secondary N) is 1. The SMILES string of the molecule is COC(=O)c1cc(C)sc1NC(=O)[C@H]1CC=CC[C@H]1C(=O)O. The van der Waals surface area contributed by atoms with Crippen LogP contribution < -0.4 is 5.32 Å². The molecule has 0 aliphatic heterocycles. The number of carboxylic acid groups (broad SMARTS) is 1. The van der Waals surface area contributed by atoms with Crippen molar-refractivity contribution in [3.8, 4) is 0 Å². The Labute approximate surface area is 131 Å². The van der Waals surface area contributed by atoms with Crippen molar-refractivity contribution in [2.45, 2.75) is 19.8 Å². The number of esters is 1. The molecule has 0 bridgehead atoms. The topological polar surface area (TPSA) is 92.7 Å². The number of amides is 1. The molecule has 1 aromatic heterocycles. The van der Waals surface area contributed by atoms with Crippen LogP contribution in [0.5, 0.6) is 0 Å². The number of rotatable bonds is 4. The Morgan fingerprint density at radius 2 is 1.91 bits per heavy atom. The quantitative estimate of drug-likeness (QED) is 0.656. The van der Waals surface area contributed by atoms with Crippen molar-refractivity contribution in [1.82, 2.24) is 0 Å². The van der Waals surface area contributed by atoms with E-state index in [1.807, 2.05) is 13.0 Å². The number of allylic oxidation sites excluding steroid dienone is 2. The highest BCUT2D eigenvalue weighted by atomic mass is 32.1. The normalized spacial score (nSPS) is 20.5. The van der Waals surface area contributed by atoms with E-state index >= 15 is 0 Å². The second kappa shape index (κ2) is 6.74. The van der Waals surface area contributed by atoms with Crippen molar-refractivity contribution in [3.63, 3.8) is 0 Å². The van der Waals surface area contributed by atoms with E-state index in [0.29, 0.717) is 17.8 Å². The van der Waals surface area contributed by atoms with Gasteiger partial charge in [0, 0.05) is 4.88 Å². The number of carbonyl (C=O) groups is 3. The van der Waals surface area contributed by atoms with E-state index in [0.717, 1.165) is 4.88 Å². The lowest BCUT2D eigenvalue weighted by molar-refractivity contribution is -0.146. The van der Waals surface area contributed by atoms with Crippen molar-refractivity contribution >= 4 is 34.2 Å². The molecule has 22 heavy (non-hydrogen) atoms. The highest BCUT2D eigenvalue weighted by Crippen LogP contribution is 2.31. The van der Waals surface area contributed by atoms with Gasteiger partial charge in [0.05, 0.1) is 24.5 Å². The average molecular weight is 323 g/mol. The van der Waals surface area contributed by atoms with Gasteiger partial charge in [0.2, 0.25) is 5.91 Å². The number of aryl methyl sites for hydroxylation is 1. The third kappa shape index (κ3) is 3.36. The number of ether oxygens (including phenoxy) is 1. The van der Waals surface area contributed by atoms with Crippen LogP contribution in [0.2, 0.25) is 0 Å². The molecule has 0 spiro atoms. The van der Waals surface area contributed by atoms with Gasteiger partial charge in [-0.3, -0.25) is 9.59 Å². The van der Waals surface area contributed by atoms with Crippen LogP contribution in [0.1, 0.15) is 28.1 Å². The molecule has 0 fully saturated rings. The maximum atomic E-state index is 12.4. The summed E-state index contributed by atoms with van der Waals surface area (Å²) in [6, 6.07) is 1.64. The van der Waals surface area contributed by atoms with Gasteiger partial charge in [-0.05, 0) is 25.8 Å². The lowest BCUT2D eigenvalue weighted by Crippen LogP contribution is -2.34. The standard InChI is InChI=1S/C15H17NO5S/c1-8-7-11(15(20)21-2)13(22-8)16-12(17)9-5-3-4-6-10(9)14(18)19/h3-4,7,9-10H,5-6H2,1-2H3,(H,16,17)(H,18,19)/t9-,10+/m0/s1. The fourth-order valence-electron chi connectivity index (χ4n) is 2.45. The molecule has 0 aromatic carbocycles. The van der Waals surface area contributed by atoms with E-state index in [4.69, 9.17) is 0 Å². The van der Waals surface area contributed by atoms with E-state index in [-0.39, 0.29) is 11.5 Å². The summed E-state index contributed by atoms with van der Waals surface area (Å²) in [5.41, 5.74) is 0.288. The fourth-order valence-corrected chi connectivity index (χ4v) is 3.35. The number of hydrogen-bond donors (Lipinski definition) is 2. The van der Waals surface area contributed by atoms with Gasteiger partial charge < -0.3 is 15.2 Å². The molecule has 1 aromatic rings. The van der Waals surface area contributed by atoms with Crippen molar-refractivity contribution in [3.05, 3.63) is 28.7 Å². The van der Waals surface area contributed by atoms with Crippen LogP contribution >= 0.6 is 11.3 Å². The smallest absolute Gasteiger partial charge is 0.340 e. The molecule has 0 radical (unpaired) electrons. The van der Waals surface area contributed by atoms with Crippen LogP contribution in [-0.2, 0) is 14.3 Å². The Morgan fingerprint density at radius 1 is 1.27 bits per heavy atom. The van der Waals surface area contributed by atoms with E-state index in [1.54, 1.807) is 12.1 Å². The molecule has 1 amide bonds. The molecule has 6 nitrogen and oxygen atoms in total. The molecule has 118 valence electrons. The second-order valence-electron chi connectivity index (χ2n) is 5.07. The predicted octanol–water partition coefficient (Wildman–Crippen LogP) is 2.45. The first-order chi connectivity index (χ1) is 10.4. The van der Waals surface area contributed by atoms with Gasteiger partial charge in [0.15, 0.2) is 0 Å². The molecule has 0 saturated carbocycles. The van der Waals surface area contributed by atoms with E-state index < -0.39 is 23.8 Å². The average Bonchev–Trinajstić information content (AvgIpc) is 2.86. The number of aliphatic carboxylic acids is 1. The van der Waals surface area contributed by atoms with Gasteiger partial charge in [-0.15, -0.1) is 11.3 Å². The molecule has 1 aliphatic carbocycles. The number of hydrogen-bond acceptors (Lipinski definition) is 5. The second-order valence-corrected chi connectivity index (χ2v) is 6.33. The number of thiophene rings is 1. The summed E-state index contributed by atoms with van der Waals surface area (Å²) in [5, 5.41) is 12.3. The van der Waals surface area contributed by atoms with Gasteiger partial charge in [0.25, 0.3) is 0 Å². The monoisotopic (exact) mass is 323 g/mol. The van der Waals surface area contributed by atoms with Gasteiger partial charge in [-0.1, -0.05) is 12.2 Å². The maximum Gasteiger partial charge on any atom is 0.340 e. The van der Waals surface area contributed by atoms with E-state index in [1.165, 1.54) is 18.4 Å². The van der Waals surface area contributed by atoms with Crippen molar-refractivity contribution < 1.29 is 24.2 Å². The summed E-state index contributed by atoms with van der Waals surface area (Å²) in [6.07, 6.45) is 4.30. The number of methoxy groups -OCH3 is 1. The summed E-state index contributed by atoms with van der Waals surface area (Å²) in [7, 11) is 1.27. The van der Waals surface area contributed by atoms with Gasteiger partial charge in [-0.25, -0.2) is 4.79 Å². The largest absolute Gasteiger partial charge is 0.481 e. The minimum Gasteiger partial charge on any atom is -0.481 e. The van der Waals surface area contributed by atoms with Gasteiger partial charge >= 0.3 is 11.9 Å². The molecule has 0 saturated heterocycles. The van der Waals surface area contributed by atoms with Crippen molar-refractivity contribution in [1.29, 1.82) is 0 Å². The van der Waals surface area contributed by atoms with E-state index in [9.17, 15) is 19.5 Å². The van der Waals surface area contributed by atoms with Crippen molar-refractivity contribution in [2.75, 3.05) is 12.4 Å². The number of carboxylic acids is 1. The molecule has 2 atom stereocenters. The number of anilines is 1. The van der Waals surface area contributed by atoms with Crippen LogP contribution in [-0.4, -0.2) is 30.1 Å². The van der Waals surface area contributed by atoms with Crippen LogP contribution in [0.3, 0.4) is 0 Å². The zero-order chi connectivity index (χ0) is 16.3. The lowest BCUT2D eigenvalue weighted by Gasteiger charge is -2.24. The van der Waals surface area contributed by atoms with Gasteiger partial charge in [0.1, 0.15) is 5.00 Å². The molecular formula is C15H17NO5S. The summed E-state index contributed by atoms with van der Waals surface area (Å²) < 4.78 is 4.69. The Balaban J connectivity index is 2.20.